The van der Waals surface area contributed by atoms with Gasteiger partial charge in [0, 0.05) is 6.54 Å². The highest BCUT2D eigenvalue weighted by Gasteiger charge is 2.33. The molecule has 38 heavy (non-hydrogen) atoms. The zero-order valence-electron chi connectivity index (χ0n) is 21.4. The molecule has 0 spiro atoms. The summed E-state index contributed by atoms with van der Waals surface area (Å²) in [5.41, 5.74) is 0.951. The third kappa shape index (κ3) is 5.05. The van der Waals surface area contributed by atoms with Gasteiger partial charge in [0.2, 0.25) is 6.79 Å². The Hall–Kier alpha value is -3.64. The lowest BCUT2D eigenvalue weighted by Gasteiger charge is -2.33. The van der Waals surface area contributed by atoms with Crippen LogP contribution in [0, 0.1) is 5.41 Å². The SMILES string of the molecule is CC(C)(C)[C@@H](NC1=NS(=O)N=C1Nc1cccc(C(=O)N2CCCC2CO)c1O)c1ccc2c(c1)OCO2. The van der Waals surface area contributed by atoms with Gasteiger partial charge in [-0.15, -0.1) is 8.80 Å². The average molecular weight is 542 g/mol. The largest absolute Gasteiger partial charge is 0.505 e. The molecule has 3 aliphatic heterocycles. The summed E-state index contributed by atoms with van der Waals surface area (Å²) in [6, 6.07) is 9.92. The fraction of sp³-hybridized carbons (Fsp3) is 0.423. The van der Waals surface area contributed by atoms with Gasteiger partial charge in [0.05, 0.1) is 29.9 Å². The van der Waals surface area contributed by atoms with Crippen LogP contribution in [-0.2, 0) is 11.2 Å². The summed E-state index contributed by atoms with van der Waals surface area (Å²) in [5.74, 6) is 1.14. The summed E-state index contributed by atoms with van der Waals surface area (Å²) < 4.78 is 31.6. The molecule has 3 heterocycles. The number of ether oxygens (including phenoxy) is 2. The molecule has 11 nitrogen and oxygen atoms in total. The molecule has 3 atom stereocenters. The number of nitrogens with one attached hydrogen (secondary N) is 2. The summed E-state index contributed by atoms with van der Waals surface area (Å²) in [4.78, 5) is 14.7. The number of hydrogen-bond donors (Lipinski definition) is 4. The van der Waals surface area contributed by atoms with E-state index in [1.165, 1.54) is 6.07 Å². The topological polar surface area (TPSA) is 145 Å². The van der Waals surface area contributed by atoms with Gasteiger partial charge >= 0.3 is 0 Å². The minimum Gasteiger partial charge on any atom is -0.505 e. The minimum absolute atomic E-state index is 0.106. The van der Waals surface area contributed by atoms with Crippen molar-refractivity contribution in [1.82, 2.24) is 10.2 Å². The molecule has 1 fully saturated rings. The molecule has 3 aliphatic rings. The number of likely N-dealkylation sites (tertiary alicyclic amines) is 1. The molecule has 2 unspecified atom stereocenters. The molecular formula is C26H31N5O6S. The smallest absolute Gasteiger partial charge is 0.269 e. The van der Waals surface area contributed by atoms with Gasteiger partial charge < -0.3 is 35.2 Å². The second kappa shape index (κ2) is 10.3. The molecule has 202 valence electrons. The predicted molar refractivity (Wildman–Crippen MR) is 144 cm³/mol. The zero-order valence-corrected chi connectivity index (χ0v) is 22.2. The number of amides is 1. The first kappa shape index (κ1) is 26.0. The number of aromatic hydroxyl groups is 1. The lowest BCUT2D eigenvalue weighted by molar-refractivity contribution is 0.0674. The number of para-hydroxylation sites is 1. The maximum Gasteiger partial charge on any atom is 0.269 e. The van der Waals surface area contributed by atoms with E-state index in [4.69, 9.17) is 9.47 Å². The van der Waals surface area contributed by atoms with Gasteiger partial charge in [0.1, 0.15) is 0 Å². The number of phenolic OH excluding ortho intramolecular Hbond substituents is 1. The number of phenols is 1. The minimum atomic E-state index is -1.86. The molecule has 12 heteroatoms. The van der Waals surface area contributed by atoms with Crippen LogP contribution in [0.5, 0.6) is 17.2 Å². The van der Waals surface area contributed by atoms with Crippen molar-refractivity contribution in [3.63, 3.8) is 0 Å². The number of carbonyl (C=O) groups is 1. The summed E-state index contributed by atoms with van der Waals surface area (Å²) >= 11 is -1.86. The van der Waals surface area contributed by atoms with E-state index in [2.05, 4.69) is 40.2 Å². The first-order valence-electron chi connectivity index (χ1n) is 12.4. The number of aliphatic hydroxyl groups is 1. The van der Waals surface area contributed by atoms with Gasteiger partial charge in [-0.25, -0.2) is 4.21 Å². The maximum absolute atomic E-state index is 13.1. The van der Waals surface area contributed by atoms with Crippen molar-refractivity contribution in [3.8, 4) is 17.2 Å². The average Bonchev–Trinajstić information content (AvgIpc) is 3.61. The van der Waals surface area contributed by atoms with Crippen molar-refractivity contribution >= 4 is 34.4 Å². The molecule has 0 bridgehead atoms. The first-order chi connectivity index (χ1) is 18.2. The predicted octanol–water partition coefficient (Wildman–Crippen LogP) is 2.90. The van der Waals surface area contributed by atoms with E-state index in [0.29, 0.717) is 24.5 Å². The number of hydrogen-bond acceptors (Lipinski definition) is 8. The van der Waals surface area contributed by atoms with E-state index in [1.54, 1.807) is 17.0 Å². The first-order valence-corrected chi connectivity index (χ1v) is 13.5. The van der Waals surface area contributed by atoms with Crippen LogP contribution in [0.1, 0.15) is 55.6 Å². The molecule has 5 rings (SSSR count). The maximum atomic E-state index is 13.1. The number of fused-ring (bicyclic) bond motifs is 1. The van der Waals surface area contributed by atoms with Crippen LogP contribution < -0.4 is 20.1 Å². The normalized spacial score (nSPS) is 21.2. The molecule has 0 aromatic heterocycles. The number of rotatable bonds is 5. The zero-order chi connectivity index (χ0) is 27.0. The third-order valence-corrected chi connectivity index (χ3v) is 7.49. The van der Waals surface area contributed by atoms with Crippen molar-refractivity contribution in [2.24, 2.45) is 14.2 Å². The van der Waals surface area contributed by atoms with Crippen LogP contribution >= 0.6 is 0 Å². The lowest BCUT2D eigenvalue weighted by atomic mass is 9.82. The molecule has 0 aliphatic carbocycles. The number of anilines is 1. The summed E-state index contributed by atoms with van der Waals surface area (Å²) in [7, 11) is 0. The Labute approximate surface area is 223 Å². The van der Waals surface area contributed by atoms with Crippen LogP contribution in [0.15, 0.2) is 45.2 Å². The Morgan fingerprint density at radius 2 is 1.95 bits per heavy atom. The van der Waals surface area contributed by atoms with Gasteiger partial charge in [-0.2, -0.15) is 0 Å². The number of amidine groups is 2. The Bertz CT molecular complexity index is 1340. The highest BCUT2D eigenvalue weighted by molar-refractivity contribution is 7.83. The molecule has 0 saturated carbocycles. The fourth-order valence-corrected chi connectivity index (χ4v) is 5.49. The van der Waals surface area contributed by atoms with E-state index in [-0.39, 0.29) is 65.5 Å². The third-order valence-electron chi connectivity index (χ3n) is 6.81. The van der Waals surface area contributed by atoms with Crippen molar-refractivity contribution in [3.05, 3.63) is 47.5 Å². The van der Waals surface area contributed by atoms with E-state index >= 15 is 0 Å². The van der Waals surface area contributed by atoms with Crippen LogP contribution in [0.2, 0.25) is 0 Å². The van der Waals surface area contributed by atoms with Crippen LogP contribution in [0.3, 0.4) is 0 Å². The molecule has 4 N–H and O–H groups in total. The van der Waals surface area contributed by atoms with Gasteiger partial charge in [0.15, 0.2) is 28.9 Å². The van der Waals surface area contributed by atoms with Crippen LogP contribution in [0.25, 0.3) is 0 Å². The second-order valence-corrected chi connectivity index (χ2v) is 11.3. The molecular weight excluding hydrogens is 510 g/mol. The number of carbonyl (C=O) groups excluding carboxylic acids is 1. The summed E-state index contributed by atoms with van der Waals surface area (Å²) in [6.45, 7) is 6.74. The van der Waals surface area contributed by atoms with E-state index in [9.17, 15) is 19.2 Å². The lowest BCUT2D eigenvalue weighted by Crippen LogP contribution is -2.41. The van der Waals surface area contributed by atoms with Crippen molar-refractivity contribution in [2.75, 3.05) is 25.3 Å². The van der Waals surface area contributed by atoms with Gasteiger partial charge in [-0.3, -0.25) is 4.79 Å². The van der Waals surface area contributed by atoms with Gasteiger partial charge in [-0.05, 0) is 48.1 Å². The second-order valence-electron chi connectivity index (χ2n) is 10.5. The summed E-state index contributed by atoms with van der Waals surface area (Å²) in [5, 5.41) is 27.0. The molecule has 1 saturated heterocycles. The van der Waals surface area contributed by atoms with Crippen LogP contribution in [-0.4, -0.2) is 62.9 Å². The van der Waals surface area contributed by atoms with Crippen molar-refractivity contribution < 1.29 is 28.7 Å². The Morgan fingerprint density at radius 3 is 2.71 bits per heavy atom. The Kier molecular flexibility index (Phi) is 7.01. The molecule has 0 radical (unpaired) electrons. The van der Waals surface area contributed by atoms with E-state index in [1.807, 2.05) is 18.2 Å². The highest BCUT2D eigenvalue weighted by Crippen LogP contribution is 2.39. The quantitative estimate of drug-likeness (QED) is 0.423. The van der Waals surface area contributed by atoms with Crippen molar-refractivity contribution in [1.29, 1.82) is 0 Å². The monoisotopic (exact) mass is 541 g/mol. The summed E-state index contributed by atoms with van der Waals surface area (Å²) in [6.07, 6.45) is 1.51. The highest BCUT2D eigenvalue weighted by atomic mass is 32.2. The van der Waals surface area contributed by atoms with Crippen molar-refractivity contribution in [2.45, 2.75) is 45.7 Å². The number of nitrogens with zero attached hydrogens (tertiary/aromatic N) is 3. The van der Waals surface area contributed by atoms with Gasteiger partial charge in [0.25, 0.3) is 17.1 Å². The fourth-order valence-electron chi connectivity index (χ4n) is 4.86. The van der Waals surface area contributed by atoms with E-state index in [0.717, 1.165) is 12.0 Å². The molecule has 2 aromatic carbocycles. The molecule has 1 amide bonds. The standard InChI is InChI=1S/C26H31N5O6S/c1-26(2,3)22(15-9-10-19-20(12-15)37-14-36-19)28-24-23(29-38(35)30-24)27-18-8-4-7-17(21(18)33)25(34)31-11-5-6-16(31)13-32/h4,7-10,12,16,22,32-33H,5-6,11,13-14H2,1-3H3,(H,27,29)(H,28,30)/t16?,22-,38?/m0/s1. The Balaban J connectivity index is 1.39. The van der Waals surface area contributed by atoms with Crippen LogP contribution in [0.4, 0.5) is 5.69 Å². The molecule has 2 aromatic rings. The van der Waals surface area contributed by atoms with Gasteiger partial charge in [-0.1, -0.05) is 32.9 Å². The Morgan fingerprint density at radius 1 is 1.18 bits per heavy atom. The number of benzene rings is 2. The van der Waals surface area contributed by atoms with E-state index < -0.39 is 11.2 Å². The number of aliphatic hydroxyl groups excluding tert-OH is 1.